The maximum atomic E-state index is 12.0. The van der Waals surface area contributed by atoms with Gasteiger partial charge in [0.2, 0.25) is 0 Å². The van der Waals surface area contributed by atoms with Gasteiger partial charge in [-0.1, -0.05) is 32.6 Å². The number of hydrogen-bond donors (Lipinski definition) is 0. The van der Waals surface area contributed by atoms with Crippen LogP contribution in [-0.2, 0) is 9.47 Å². The monoisotopic (exact) mass is 323 g/mol. The third-order valence-corrected chi connectivity index (χ3v) is 3.01. The van der Waals surface area contributed by atoms with E-state index < -0.39 is 5.60 Å². The molecule has 1 amide bonds. The third-order valence-electron chi connectivity index (χ3n) is 3.01. The van der Waals surface area contributed by atoms with Gasteiger partial charge in [-0.2, -0.15) is 0 Å². The van der Waals surface area contributed by atoms with Crippen molar-refractivity contribution >= 4 is 6.09 Å². The van der Waals surface area contributed by atoms with E-state index in [-0.39, 0.29) is 12.2 Å². The molecule has 1 aliphatic heterocycles. The van der Waals surface area contributed by atoms with Gasteiger partial charge in [-0.15, -0.1) is 0 Å². The number of nitrogens with zero attached hydrogens (tertiary/aromatic N) is 1. The summed E-state index contributed by atoms with van der Waals surface area (Å²) in [6, 6.07) is 0. The van der Waals surface area contributed by atoms with Crippen LogP contribution in [0.1, 0.15) is 54.4 Å². The molecule has 0 aromatic carbocycles. The van der Waals surface area contributed by atoms with Gasteiger partial charge in [-0.05, 0) is 39.8 Å². The van der Waals surface area contributed by atoms with Crippen molar-refractivity contribution in [3.05, 3.63) is 36.6 Å². The highest BCUT2D eigenvalue weighted by atomic mass is 16.6. The van der Waals surface area contributed by atoms with Crippen LogP contribution < -0.4 is 0 Å². The molecular weight excluding hydrogens is 290 g/mol. The smallest absolute Gasteiger partial charge is 0.410 e. The van der Waals surface area contributed by atoms with Crippen LogP contribution in [0.25, 0.3) is 0 Å². The first-order valence-corrected chi connectivity index (χ1v) is 8.45. The van der Waals surface area contributed by atoms with Gasteiger partial charge in [0.15, 0.2) is 0 Å². The predicted molar refractivity (Wildman–Crippen MR) is 96.4 cm³/mol. The number of amides is 1. The highest BCUT2D eigenvalue weighted by Crippen LogP contribution is 2.19. The lowest BCUT2D eigenvalue weighted by atomic mass is 10.1. The van der Waals surface area contributed by atoms with E-state index in [4.69, 9.17) is 9.47 Å². The van der Waals surface area contributed by atoms with E-state index in [1.54, 1.807) is 11.0 Å². The van der Waals surface area contributed by atoms with Gasteiger partial charge in [-0.25, -0.2) is 4.79 Å². The number of likely N-dealkylation sites (tertiary alicyclic amines) is 1. The molecule has 0 unspecified atom stereocenters. The average Bonchev–Trinajstić information content (AvgIpc) is 2.49. The fraction of sp³-hybridized carbons (Fsp3) is 0.632. The predicted octanol–water partition coefficient (Wildman–Crippen LogP) is 5.07. The fourth-order valence-corrected chi connectivity index (χ4v) is 2.09. The summed E-state index contributed by atoms with van der Waals surface area (Å²) < 4.78 is 11.3. The van der Waals surface area contributed by atoms with E-state index >= 15 is 0 Å². The zero-order chi connectivity index (χ0) is 17.9. The minimum Gasteiger partial charge on any atom is -0.490 e. The molecule has 0 radical (unpaired) electrons. The molecule has 1 heterocycles. The second kappa shape index (κ2) is 10.9. The maximum Gasteiger partial charge on any atom is 0.410 e. The van der Waals surface area contributed by atoms with Crippen LogP contribution in [0, 0.1) is 0 Å². The van der Waals surface area contributed by atoms with E-state index in [2.05, 4.69) is 6.58 Å². The molecule has 4 nitrogen and oxygen atoms in total. The molecular formula is C19H33NO3. The minimum absolute atomic E-state index is 0.131. The fourth-order valence-electron chi connectivity index (χ4n) is 2.09. The molecule has 4 heteroatoms. The van der Waals surface area contributed by atoms with Crippen LogP contribution in [0.15, 0.2) is 36.6 Å². The molecule has 0 saturated carbocycles. The lowest BCUT2D eigenvalue weighted by Crippen LogP contribution is -2.43. The summed E-state index contributed by atoms with van der Waals surface area (Å²) in [5.41, 5.74) is -0.448. The summed E-state index contributed by atoms with van der Waals surface area (Å²) in [6.07, 6.45) is 8.93. The molecule has 0 aliphatic carbocycles. The number of carbonyl (C=O) groups excluding carboxylic acids is 1. The summed E-state index contributed by atoms with van der Waals surface area (Å²) in [5.74, 6) is 0.809. The van der Waals surface area contributed by atoms with E-state index in [1.807, 2.05) is 59.8 Å². The highest BCUT2D eigenvalue weighted by Gasteiger charge is 2.27. The molecule has 1 fully saturated rings. The summed E-state index contributed by atoms with van der Waals surface area (Å²) in [4.78, 5) is 13.7. The van der Waals surface area contributed by atoms with Gasteiger partial charge in [0.25, 0.3) is 0 Å². The van der Waals surface area contributed by atoms with Crippen molar-refractivity contribution in [1.82, 2.24) is 4.90 Å². The summed E-state index contributed by atoms with van der Waals surface area (Å²) in [6.45, 7) is 16.6. The van der Waals surface area contributed by atoms with Crippen molar-refractivity contribution in [3.8, 4) is 0 Å². The van der Waals surface area contributed by atoms with Crippen molar-refractivity contribution in [3.63, 3.8) is 0 Å². The molecule has 0 N–H and O–H groups in total. The van der Waals surface area contributed by atoms with Crippen LogP contribution >= 0.6 is 0 Å². The largest absolute Gasteiger partial charge is 0.490 e. The van der Waals surface area contributed by atoms with Crippen molar-refractivity contribution in [2.75, 3.05) is 13.1 Å². The van der Waals surface area contributed by atoms with E-state index in [9.17, 15) is 4.79 Å². The van der Waals surface area contributed by atoms with Crippen LogP contribution in [0.4, 0.5) is 4.79 Å². The number of hydrogen-bond acceptors (Lipinski definition) is 3. The Morgan fingerprint density at radius 2 is 1.78 bits per heavy atom. The summed E-state index contributed by atoms with van der Waals surface area (Å²) in [7, 11) is 0. The zero-order valence-electron chi connectivity index (χ0n) is 15.6. The minimum atomic E-state index is -0.448. The Morgan fingerprint density at radius 1 is 1.22 bits per heavy atom. The molecule has 0 bridgehead atoms. The molecule has 0 spiro atoms. The van der Waals surface area contributed by atoms with Gasteiger partial charge < -0.3 is 14.4 Å². The number of carbonyl (C=O) groups is 1. The van der Waals surface area contributed by atoms with E-state index in [0.717, 1.165) is 18.6 Å². The molecule has 0 aromatic rings. The van der Waals surface area contributed by atoms with Crippen molar-refractivity contribution in [1.29, 1.82) is 0 Å². The Balaban J connectivity index is 0.00000232. The molecule has 1 aliphatic rings. The second-order valence-electron chi connectivity index (χ2n) is 6.09. The first-order chi connectivity index (χ1) is 10.9. The molecule has 23 heavy (non-hydrogen) atoms. The van der Waals surface area contributed by atoms with Crippen LogP contribution in [-0.4, -0.2) is 35.8 Å². The topological polar surface area (TPSA) is 38.8 Å². The Bertz CT molecular complexity index is 411. The Morgan fingerprint density at radius 3 is 2.22 bits per heavy atom. The standard InChI is InChI=1S/C17H27NO3.C2H6/c1-6-8-14(9-7-2)20-15-10-12-18(13-11-15)16(19)21-17(3,4)5;1-2/h6-9,15H,1,10-13H2,2-5H3;1-2H3/b9-7-,14-8+;. The number of allylic oxidation sites excluding steroid dienone is 4. The van der Waals surface area contributed by atoms with E-state index in [1.165, 1.54) is 0 Å². The third kappa shape index (κ3) is 9.11. The Hall–Kier alpha value is -1.71. The first-order valence-electron chi connectivity index (χ1n) is 8.45. The van der Waals surface area contributed by atoms with Gasteiger partial charge >= 0.3 is 6.09 Å². The van der Waals surface area contributed by atoms with Crippen LogP contribution in [0.3, 0.4) is 0 Å². The second-order valence-corrected chi connectivity index (χ2v) is 6.09. The first kappa shape index (κ1) is 21.3. The number of rotatable bonds is 4. The van der Waals surface area contributed by atoms with Gasteiger partial charge in [0.05, 0.1) is 0 Å². The quantitative estimate of drug-likeness (QED) is 0.535. The van der Waals surface area contributed by atoms with Gasteiger partial charge in [-0.3, -0.25) is 0 Å². The normalized spacial score (nSPS) is 16.6. The molecule has 1 saturated heterocycles. The number of ether oxygens (including phenoxy) is 2. The van der Waals surface area contributed by atoms with Crippen molar-refractivity contribution in [2.45, 2.75) is 66.1 Å². The average molecular weight is 323 g/mol. The lowest BCUT2D eigenvalue weighted by Gasteiger charge is -2.33. The molecule has 132 valence electrons. The van der Waals surface area contributed by atoms with Crippen molar-refractivity contribution < 1.29 is 14.3 Å². The maximum absolute atomic E-state index is 12.0. The highest BCUT2D eigenvalue weighted by molar-refractivity contribution is 5.68. The summed E-state index contributed by atoms with van der Waals surface area (Å²) >= 11 is 0. The van der Waals surface area contributed by atoms with E-state index in [0.29, 0.717) is 13.1 Å². The SMILES string of the molecule is C=C/C=C(\C=C/C)OC1CCN(C(=O)OC(C)(C)C)CC1.CC. The van der Waals surface area contributed by atoms with Gasteiger partial charge in [0, 0.05) is 25.9 Å². The zero-order valence-corrected chi connectivity index (χ0v) is 15.6. The molecule has 0 atom stereocenters. The Kier molecular flexibility index (Phi) is 10.1. The van der Waals surface area contributed by atoms with Gasteiger partial charge in [0.1, 0.15) is 17.5 Å². The molecule has 1 rings (SSSR count). The molecule has 0 aromatic heterocycles. The van der Waals surface area contributed by atoms with Crippen molar-refractivity contribution in [2.24, 2.45) is 0 Å². The van der Waals surface area contributed by atoms with Crippen LogP contribution in [0.5, 0.6) is 0 Å². The summed E-state index contributed by atoms with van der Waals surface area (Å²) in [5, 5.41) is 0. The lowest BCUT2D eigenvalue weighted by molar-refractivity contribution is 0.00558. The Labute approximate surface area is 141 Å². The number of piperidine rings is 1. The van der Waals surface area contributed by atoms with Crippen LogP contribution in [0.2, 0.25) is 0 Å².